The first-order valence-electron chi connectivity index (χ1n) is 6.05. The first-order chi connectivity index (χ1) is 9.51. The van der Waals surface area contributed by atoms with Crippen LogP contribution in [0, 0.1) is 25.2 Å². The van der Waals surface area contributed by atoms with Crippen LogP contribution in [0.4, 0.5) is 11.4 Å². The van der Waals surface area contributed by atoms with Gasteiger partial charge < -0.3 is 11.1 Å². The number of carbonyl (C=O) groups is 1. The van der Waals surface area contributed by atoms with Gasteiger partial charge in [0.05, 0.1) is 17.2 Å². The molecular formula is C15H14N4O. The van der Waals surface area contributed by atoms with Crippen molar-refractivity contribution in [2.45, 2.75) is 13.8 Å². The molecule has 0 atom stereocenters. The number of nitrogens with two attached hydrogens (primary N) is 1. The van der Waals surface area contributed by atoms with E-state index in [2.05, 4.69) is 10.3 Å². The van der Waals surface area contributed by atoms with Gasteiger partial charge in [0, 0.05) is 23.3 Å². The Morgan fingerprint density at radius 2 is 2.10 bits per heavy atom. The van der Waals surface area contributed by atoms with Crippen molar-refractivity contribution in [2.24, 2.45) is 0 Å². The minimum atomic E-state index is -0.340. The van der Waals surface area contributed by atoms with Crippen molar-refractivity contribution < 1.29 is 4.79 Å². The van der Waals surface area contributed by atoms with Crippen LogP contribution >= 0.6 is 0 Å². The topological polar surface area (TPSA) is 91.8 Å². The van der Waals surface area contributed by atoms with E-state index in [4.69, 9.17) is 11.0 Å². The molecule has 0 saturated heterocycles. The summed E-state index contributed by atoms with van der Waals surface area (Å²) >= 11 is 0. The summed E-state index contributed by atoms with van der Waals surface area (Å²) in [5.41, 5.74) is 9.21. The molecular weight excluding hydrogens is 252 g/mol. The first kappa shape index (κ1) is 13.6. The quantitative estimate of drug-likeness (QED) is 0.873. The number of nitrogen functional groups attached to an aromatic ring is 1. The van der Waals surface area contributed by atoms with Crippen molar-refractivity contribution >= 4 is 17.3 Å². The molecule has 1 aromatic heterocycles. The lowest BCUT2D eigenvalue weighted by atomic mass is 10.1. The molecule has 3 N–H and O–H groups in total. The lowest BCUT2D eigenvalue weighted by molar-refractivity contribution is 0.102. The Hall–Kier alpha value is -2.87. The number of nitriles is 1. The molecule has 0 spiro atoms. The van der Waals surface area contributed by atoms with E-state index in [0.717, 1.165) is 11.3 Å². The van der Waals surface area contributed by atoms with E-state index in [9.17, 15) is 4.79 Å². The third-order valence-electron chi connectivity index (χ3n) is 2.93. The second kappa shape index (κ2) is 5.41. The van der Waals surface area contributed by atoms with Crippen LogP contribution in [0.1, 0.15) is 27.2 Å². The number of aryl methyl sites for hydroxylation is 2. The molecule has 100 valence electrons. The Kier molecular flexibility index (Phi) is 3.67. The minimum Gasteiger partial charge on any atom is -0.398 e. The summed E-state index contributed by atoms with van der Waals surface area (Å²) in [4.78, 5) is 16.2. The predicted molar refractivity (Wildman–Crippen MR) is 77.2 cm³/mol. The summed E-state index contributed by atoms with van der Waals surface area (Å²) in [6, 6.07) is 8.80. The molecule has 0 aliphatic rings. The van der Waals surface area contributed by atoms with Crippen LogP contribution in [0.3, 0.4) is 0 Å². The van der Waals surface area contributed by atoms with Crippen LogP contribution in [0.2, 0.25) is 0 Å². The van der Waals surface area contributed by atoms with E-state index in [1.807, 2.05) is 13.0 Å². The van der Waals surface area contributed by atoms with Gasteiger partial charge in [-0.2, -0.15) is 5.26 Å². The average molecular weight is 266 g/mol. The van der Waals surface area contributed by atoms with Crippen LogP contribution in [0.5, 0.6) is 0 Å². The largest absolute Gasteiger partial charge is 0.398 e. The van der Waals surface area contributed by atoms with Gasteiger partial charge in [-0.3, -0.25) is 9.78 Å². The zero-order valence-electron chi connectivity index (χ0n) is 11.3. The molecule has 1 aromatic carbocycles. The van der Waals surface area contributed by atoms with Crippen molar-refractivity contribution in [3.8, 4) is 6.07 Å². The molecule has 0 aliphatic carbocycles. The number of nitrogens with zero attached hydrogens (tertiary/aromatic N) is 2. The fourth-order valence-electron chi connectivity index (χ4n) is 1.79. The maximum atomic E-state index is 12.2. The van der Waals surface area contributed by atoms with Gasteiger partial charge in [0.25, 0.3) is 5.91 Å². The van der Waals surface area contributed by atoms with Crippen molar-refractivity contribution in [3.05, 3.63) is 52.8 Å². The van der Waals surface area contributed by atoms with Crippen LogP contribution in [0.25, 0.3) is 0 Å². The molecule has 0 unspecified atom stereocenters. The Morgan fingerprint density at radius 1 is 1.35 bits per heavy atom. The first-order valence-corrected chi connectivity index (χ1v) is 6.05. The van der Waals surface area contributed by atoms with Gasteiger partial charge in [0.1, 0.15) is 0 Å². The number of nitrogens with one attached hydrogen (secondary N) is 1. The summed E-state index contributed by atoms with van der Waals surface area (Å²) in [5, 5.41) is 11.6. The number of anilines is 2. The molecule has 1 heterocycles. The summed E-state index contributed by atoms with van der Waals surface area (Å²) < 4.78 is 0. The van der Waals surface area contributed by atoms with Crippen LogP contribution in [-0.2, 0) is 0 Å². The second-order valence-corrected chi connectivity index (χ2v) is 4.51. The SMILES string of the molecule is Cc1cc(N)c(C(=O)Nc2cc(C#N)ccc2C)cn1. The fraction of sp³-hybridized carbons (Fsp3) is 0.133. The van der Waals surface area contributed by atoms with Crippen molar-refractivity contribution in [3.63, 3.8) is 0 Å². The molecule has 2 rings (SSSR count). The molecule has 1 amide bonds. The summed E-state index contributed by atoms with van der Waals surface area (Å²) in [6.45, 7) is 3.66. The van der Waals surface area contributed by atoms with Gasteiger partial charge in [0.2, 0.25) is 0 Å². The van der Waals surface area contributed by atoms with Gasteiger partial charge >= 0.3 is 0 Å². The van der Waals surface area contributed by atoms with E-state index in [1.54, 1.807) is 31.2 Å². The smallest absolute Gasteiger partial charge is 0.259 e. The number of carbonyl (C=O) groups excluding carboxylic acids is 1. The maximum Gasteiger partial charge on any atom is 0.259 e. The zero-order chi connectivity index (χ0) is 14.7. The standard InChI is InChI=1S/C15H14N4O/c1-9-3-4-11(7-16)6-14(9)19-15(20)12-8-18-10(2)5-13(12)17/h3-6,8H,1-2H3,(H2,17,18)(H,19,20). The van der Waals surface area contributed by atoms with Gasteiger partial charge in [-0.1, -0.05) is 6.07 Å². The fourth-order valence-corrected chi connectivity index (χ4v) is 1.79. The highest BCUT2D eigenvalue weighted by Crippen LogP contribution is 2.19. The molecule has 20 heavy (non-hydrogen) atoms. The Labute approximate surface area is 117 Å². The number of benzene rings is 1. The number of pyridine rings is 1. The Morgan fingerprint density at radius 3 is 2.75 bits per heavy atom. The highest BCUT2D eigenvalue weighted by molar-refractivity contribution is 6.07. The van der Waals surface area contributed by atoms with E-state index in [-0.39, 0.29) is 5.91 Å². The highest BCUT2D eigenvalue weighted by Gasteiger charge is 2.12. The lowest BCUT2D eigenvalue weighted by Gasteiger charge is -2.10. The molecule has 0 bridgehead atoms. The summed E-state index contributed by atoms with van der Waals surface area (Å²) in [5.74, 6) is -0.340. The lowest BCUT2D eigenvalue weighted by Crippen LogP contribution is -2.15. The van der Waals surface area contributed by atoms with E-state index in [0.29, 0.717) is 22.5 Å². The number of hydrogen-bond acceptors (Lipinski definition) is 4. The van der Waals surface area contributed by atoms with E-state index in [1.165, 1.54) is 6.20 Å². The maximum absolute atomic E-state index is 12.2. The van der Waals surface area contributed by atoms with Crippen molar-refractivity contribution in [2.75, 3.05) is 11.1 Å². The third kappa shape index (κ3) is 2.75. The molecule has 0 fully saturated rings. The third-order valence-corrected chi connectivity index (χ3v) is 2.93. The minimum absolute atomic E-state index is 0.317. The number of aromatic nitrogens is 1. The van der Waals surface area contributed by atoms with Gasteiger partial charge in [0.15, 0.2) is 0 Å². The van der Waals surface area contributed by atoms with E-state index >= 15 is 0 Å². The van der Waals surface area contributed by atoms with Crippen molar-refractivity contribution in [1.29, 1.82) is 5.26 Å². The van der Waals surface area contributed by atoms with Crippen LogP contribution in [-0.4, -0.2) is 10.9 Å². The van der Waals surface area contributed by atoms with E-state index < -0.39 is 0 Å². The second-order valence-electron chi connectivity index (χ2n) is 4.51. The number of hydrogen-bond donors (Lipinski definition) is 2. The van der Waals surface area contributed by atoms with Gasteiger partial charge in [-0.15, -0.1) is 0 Å². The molecule has 5 nitrogen and oxygen atoms in total. The normalized spacial score (nSPS) is 9.85. The van der Waals surface area contributed by atoms with Gasteiger partial charge in [-0.25, -0.2) is 0 Å². The van der Waals surface area contributed by atoms with Crippen molar-refractivity contribution in [1.82, 2.24) is 4.98 Å². The number of amides is 1. The molecule has 0 aliphatic heterocycles. The predicted octanol–water partition coefficient (Wildman–Crippen LogP) is 2.40. The molecule has 5 heteroatoms. The zero-order valence-corrected chi connectivity index (χ0v) is 11.3. The summed E-state index contributed by atoms with van der Waals surface area (Å²) in [6.07, 6.45) is 1.45. The molecule has 0 saturated carbocycles. The average Bonchev–Trinajstić information content (AvgIpc) is 2.41. The molecule has 0 radical (unpaired) electrons. The van der Waals surface area contributed by atoms with Crippen LogP contribution < -0.4 is 11.1 Å². The van der Waals surface area contributed by atoms with Gasteiger partial charge in [-0.05, 0) is 37.6 Å². The highest BCUT2D eigenvalue weighted by atomic mass is 16.1. The number of rotatable bonds is 2. The monoisotopic (exact) mass is 266 g/mol. The van der Waals surface area contributed by atoms with Crippen LogP contribution in [0.15, 0.2) is 30.5 Å². The Bertz CT molecular complexity index is 716. The summed E-state index contributed by atoms with van der Waals surface area (Å²) in [7, 11) is 0. The molecule has 2 aromatic rings. The Balaban J connectivity index is 2.30.